The number of benzene rings is 2. The van der Waals surface area contributed by atoms with E-state index >= 15 is 0 Å². The van der Waals surface area contributed by atoms with Gasteiger partial charge in [0.1, 0.15) is 11.5 Å². The van der Waals surface area contributed by atoms with Crippen molar-refractivity contribution in [3.05, 3.63) is 82.1 Å². The summed E-state index contributed by atoms with van der Waals surface area (Å²) in [6, 6.07) is 16.5. The van der Waals surface area contributed by atoms with E-state index in [0.717, 1.165) is 33.2 Å². The van der Waals surface area contributed by atoms with Crippen LogP contribution in [0.5, 0.6) is 0 Å². The van der Waals surface area contributed by atoms with Crippen LogP contribution in [0, 0.1) is 6.92 Å². The van der Waals surface area contributed by atoms with Crippen molar-refractivity contribution in [3.63, 3.8) is 0 Å². The van der Waals surface area contributed by atoms with E-state index in [4.69, 9.17) is 21.1 Å². The van der Waals surface area contributed by atoms with Crippen LogP contribution in [0.1, 0.15) is 27.2 Å². The van der Waals surface area contributed by atoms with Gasteiger partial charge in [0.05, 0.1) is 12.1 Å². The van der Waals surface area contributed by atoms with E-state index in [9.17, 15) is 4.79 Å². The van der Waals surface area contributed by atoms with Gasteiger partial charge in [-0.05, 0) is 48.4 Å². The first-order chi connectivity index (χ1) is 12.0. The first-order valence-electron chi connectivity index (χ1n) is 7.92. The molecule has 0 radical (unpaired) electrons. The van der Waals surface area contributed by atoms with E-state index in [2.05, 4.69) is 5.32 Å². The molecule has 1 heterocycles. The van der Waals surface area contributed by atoms with E-state index in [-0.39, 0.29) is 5.56 Å². The first-order valence-corrected chi connectivity index (χ1v) is 8.29. The Morgan fingerprint density at radius 1 is 1.08 bits per heavy atom. The molecule has 3 aromatic rings. The molecule has 0 atom stereocenters. The minimum Gasteiger partial charge on any atom is -0.478 e. The van der Waals surface area contributed by atoms with Crippen molar-refractivity contribution >= 4 is 17.6 Å². The highest BCUT2D eigenvalue weighted by molar-refractivity contribution is 6.31. The Labute approximate surface area is 151 Å². The van der Waals surface area contributed by atoms with Gasteiger partial charge in [-0.25, -0.2) is 4.79 Å². The van der Waals surface area contributed by atoms with Crippen LogP contribution in [0.3, 0.4) is 0 Å². The van der Waals surface area contributed by atoms with Gasteiger partial charge in [-0.2, -0.15) is 0 Å². The molecule has 0 saturated carbocycles. The fourth-order valence-electron chi connectivity index (χ4n) is 2.59. The second kappa shape index (κ2) is 7.55. The molecule has 0 saturated heterocycles. The smallest absolute Gasteiger partial charge is 0.335 e. The molecule has 5 heteroatoms. The van der Waals surface area contributed by atoms with Crippen molar-refractivity contribution in [3.8, 4) is 11.3 Å². The molecule has 0 spiro atoms. The lowest BCUT2D eigenvalue weighted by atomic mass is 10.1. The predicted molar refractivity (Wildman–Crippen MR) is 97.8 cm³/mol. The molecule has 0 aliphatic heterocycles. The van der Waals surface area contributed by atoms with Crippen LogP contribution >= 0.6 is 11.6 Å². The fourth-order valence-corrected chi connectivity index (χ4v) is 2.76. The third-order valence-corrected chi connectivity index (χ3v) is 4.43. The number of rotatable bonds is 6. The van der Waals surface area contributed by atoms with Crippen LogP contribution in [0.15, 0.2) is 59.0 Å². The lowest BCUT2D eigenvalue weighted by Crippen LogP contribution is -2.12. The number of carboxylic acids is 1. The molecule has 4 nitrogen and oxygen atoms in total. The maximum absolute atomic E-state index is 10.8. The molecule has 0 aliphatic rings. The van der Waals surface area contributed by atoms with Crippen molar-refractivity contribution < 1.29 is 14.3 Å². The average Bonchev–Trinajstić information content (AvgIpc) is 3.06. The quantitative estimate of drug-likeness (QED) is 0.660. The van der Waals surface area contributed by atoms with E-state index in [0.29, 0.717) is 13.1 Å². The van der Waals surface area contributed by atoms with Gasteiger partial charge in [-0.1, -0.05) is 35.9 Å². The van der Waals surface area contributed by atoms with E-state index < -0.39 is 5.97 Å². The Morgan fingerprint density at radius 2 is 1.84 bits per heavy atom. The van der Waals surface area contributed by atoms with Crippen LogP contribution in [-0.2, 0) is 13.1 Å². The van der Waals surface area contributed by atoms with Crippen molar-refractivity contribution in [2.24, 2.45) is 0 Å². The Kier molecular flexibility index (Phi) is 5.22. The molecule has 1 aromatic heterocycles. The highest BCUT2D eigenvalue weighted by Gasteiger charge is 2.09. The first kappa shape index (κ1) is 17.3. The molecule has 3 rings (SSSR count). The van der Waals surface area contributed by atoms with Crippen LogP contribution in [0.25, 0.3) is 11.3 Å². The number of nitrogens with one attached hydrogen (secondary N) is 1. The molecule has 0 unspecified atom stereocenters. The van der Waals surface area contributed by atoms with Gasteiger partial charge in [-0.15, -0.1) is 0 Å². The van der Waals surface area contributed by atoms with Gasteiger partial charge in [0, 0.05) is 17.1 Å². The number of furan rings is 1. The van der Waals surface area contributed by atoms with E-state index in [1.165, 1.54) is 0 Å². The van der Waals surface area contributed by atoms with Crippen molar-refractivity contribution in [2.75, 3.05) is 0 Å². The Hall–Kier alpha value is -2.56. The summed E-state index contributed by atoms with van der Waals surface area (Å²) in [6.07, 6.45) is 0. The second-order valence-electron chi connectivity index (χ2n) is 5.78. The summed E-state index contributed by atoms with van der Waals surface area (Å²) in [4.78, 5) is 10.8. The Morgan fingerprint density at radius 3 is 2.56 bits per heavy atom. The summed E-state index contributed by atoms with van der Waals surface area (Å²) in [5, 5.41) is 12.9. The van der Waals surface area contributed by atoms with Gasteiger partial charge in [-0.3, -0.25) is 0 Å². The van der Waals surface area contributed by atoms with Crippen molar-refractivity contribution in [2.45, 2.75) is 20.0 Å². The number of hydrogen-bond donors (Lipinski definition) is 2. The highest BCUT2D eigenvalue weighted by Crippen LogP contribution is 2.29. The molecule has 0 bridgehead atoms. The minimum absolute atomic E-state index is 0.288. The van der Waals surface area contributed by atoms with Crippen molar-refractivity contribution in [1.82, 2.24) is 5.32 Å². The largest absolute Gasteiger partial charge is 0.478 e. The molecule has 0 amide bonds. The molecule has 25 heavy (non-hydrogen) atoms. The lowest BCUT2D eigenvalue weighted by molar-refractivity contribution is 0.0697. The lowest BCUT2D eigenvalue weighted by Gasteiger charge is -2.05. The molecule has 2 N–H and O–H groups in total. The zero-order valence-corrected chi connectivity index (χ0v) is 14.5. The van der Waals surface area contributed by atoms with Crippen molar-refractivity contribution in [1.29, 1.82) is 0 Å². The maximum Gasteiger partial charge on any atom is 0.335 e. The minimum atomic E-state index is -0.918. The number of carboxylic acid groups (broad SMARTS) is 1. The van der Waals surface area contributed by atoms with Crippen LogP contribution in [-0.4, -0.2) is 11.1 Å². The molecule has 0 aliphatic carbocycles. The number of hydrogen-bond acceptors (Lipinski definition) is 3. The third-order valence-electron chi connectivity index (χ3n) is 4.02. The Balaban J connectivity index is 1.60. The van der Waals surface area contributed by atoms with Crippen LogP contribution < -0.4 is 5.32 Å². The second-order valence-corrected chi connectivity index (χ2v) is 6.19. The van der Waals surface area contributed by atoms with E-state index in [1.807, 2.05) is 37.3 Å². The van der Waals surface area contributed by atoms with Gasteiger partial charge in [0.2, 0.25) is 0 Å². The zero-order chi connectivity index (χ0) is 17.8. The number of carbonyl (C=O) groups is 1. The fraction of sp³-hybridized carbons (Fsp3) is 0.150. The molecule has 2 aromatic carbocycles. The normalized spacial score (nSPS) is 10.8. The van der Waals surface area contributed by atoms with Gasteiger partial charge in [0.25, 0.3) is 0 Å². The maximum atomic E-state index is 10.8. The molecular weight excluding hydrogens is 338 g/mol. The predicted octanol–water partition coefficient (Wildman–Crippen LogP) is 4.90. The number of halogens is 1. The zero-order valence-electron chi connectivity index (χ0n) is 13.8. The SMILES string of the molecule is Cc1c(Cl)cccc1-c1ccc(CNCc2ccc(C(=O)O)cc2)o1. The summed E-state index contributed by atoms with van der Waals surface area (Å²) in [5.74, 6) is 0.707. The number of aromatic carboxylic acids is 1. The summed E-state index contributed by atoms with van der Waals surface area (Å²) in [5.41, 5.74) is 3.29. The van der Waals surface area contributed by atoms with Crippen LogP contribution in [0.2, 0.25) is 5.02 Å². The van der Waals surface area contributed by atoms with E-state index in [1.54, 1.807) is 24.3 Å². The summed E-state index contributed by atoms with van der Waals surface area (Å²) in [7, 11) is 0. The van der Waals surface area contributed by atoms with Gasteiger partial charge in [0.15, 0.2) is 0 Å². The summed E-state index contributed by atoms with van der Waals surface area (Å²) >= 11 is 6.16. The van der Waals surface area contributed by atoms with Gasteiger partial charge >= 0.3 is 5.97 Å². The molecule has 0 fully saturated rings. The third kappa shape index (κ3) is 4.10. The van der Waals surface area contributed by atoms with Crippen LogP contribution in [0.4, 0.5) is 0 Å². The average molecular weight is 356 g/mol. The molecule has 128 valence electrons. The standard InChI is InChI=1S/C20H18ClNO3/c1-13-17(3-2-4-18(13)21)19-10-9-16(25-19)12-22-11-14-5-7-15(8-6-14)20(23)24/h2-10,22H,11-12H2,1H3,(H,23,24). The monoisotopic (exact) mass is 355 g/mol. The topological polar surface area (TPSA) is 62.5 Å². The molecular formula is C20H18ClNO3. The Bertz CT molecular complexity index is 884. The van der Waals surface area contributed by atoms with Gasteiger partial charge < -0.3 is 14.8 Å². The highest BCUT2D eigenvalue weighted by atomic mass is 35.5. The summed E-state index contributed by atoms with van der Waals surface area (Å²) in [6.45, 7) is 3.19. The summed E-state index contributed by atoms with van der Waals surface area (Å²) < 4.78 is 5.90.